The Bertz CT molecular complexity index is 1050. The minimum atomic E-state index is -0.292. The van der Waals surface area contributed by atoms with Gasteiger partial charge >= 0.3 is 0 Å². The van der Waals surface area contributed by atoms with Crippen LogP contribution < -0.4 is 24.3 Å². The molecule has 4 rings (SSSR count). The fourth-order valence-electron chi connectivity index (χ4n) is 2.92. The van der Waals surface area contributed by atoms with Gasteiger partial charge in [-0.15, -0.1) is 10.2 Å². The third-order valence-electron chi connectivity index (χ3n) is 4.20. The van der Waals surface area contributed by atoms with E-state index >= 15 is 0 Å². The molecule has 0 saturated carbocycles. The Kier molecular flexibility index (Phi) is 5.64. The standard InChI is InChI=1S/C20H21N5O5/c1-3-27-15-7-5-13(9-17(15)28-4-2)20-22-24-25(23-20)11-19(26)21-14-6-8-16-18(10-14)30-12-29-16/h5-10H,3-4,11-12H2,1-2H3,(H,21,26). The van der Waals surface area contributed by atoms with E-state index in [1.807, 2.05) is 19.9 Å². The van der Waals surface area contributed by atoms with Crippen LogP contribution in [0.15, 0.2) is 36.4 Å². The van der Waals surface area contributed by atoms with Crippen LogP contribution in [-0.4, -0.2) is 46.1 Å². The number of fused-ring (bicyclic) bond motifs is 1. The van der Waals surface area contributed by atoms with Crippen LogP contribution in [0.1, 0.15) is 13.8 Å². The van der Waals surface area contributed by atoms with Crippen molar-refractivity contribution >= 4 is 11.6 Å². The fraction of sp³-hybridized carbons (Fsp3) is 0.300. The molecule has 0 spiro atoms. The van der Waals surface area contributed by atoms with Crippen LogP contribution in [0.4, 0.5) is 5.69 Å². The lowest BCUT2D eigenvalue weighted by Crippen LogP contribution is -2.20. The molecule has 1 aliphatic rings. The van der Waals surface area contributed by atoms with Crippen LogP contribution in [-0.2, 0) is 11.3 Å². The summed E-state index contributed by atoms with van der Waals surface area (Å²) >= 11 is 0. The van der Waals surface area contributed by atoms with E-state index in [2.05, 4.69) is 20.7 Å². The van der Waals surface area contributed by atoms with Crippen molar-refractivity contribution in [2.24, 2.45) is 0 Å². The zero-order valence-electron chi connectivity index (χ0n) is 16.6. The van der Waals surface area contributed by atoms with Gasteiger partial charge in [-0.2, -0.15) is 4.80 Å². The Hall–Kier alpha value is -3.82. The monoisotopic (exact) mass is 411 g/mol. The molecule has 1 aromatic heterocycles. The maximum absolute atomic E-state index is 12.3. The summed E-state index contributed by atoms with van der Waals surface area (Å²) in [5.74, 6) is 2.59. The highest BCUT2D eigenvalue weighted by Crippen LogP contribution is 2.34. The third-order valence-corrected chi connectivity index (χ3v) is 4.20. The van der Waals surface area contributed by atoms with Gasteiger partial charge in [0.15, 0.2) is 23.0 Å². The zero-order valence-corrected chi connectivity index (χ0v) is 16.6. The SMILES string of the molecule is CCOc1ccc(-c2nnn(CC(=O)Nc3ccc4c(c3)OCO4)n2)cc1OCC. The molecule has 0 fully saturated rings. The van der Waals surface area contributed by atoms with Crippen molar-refractivity contribution in [1.82, 2.24) is 20.2 Å². The first-order valence-electron chi connectivity index (χ1n) is 9.53. The molecule has 30 heavy (non-hydrogen) atoms. The maximum atomic E-state index is 12.3. The molecule has 156 valence electrons. The Morgan fingerprint density at radius 3 is 2.70 bits per heavy atom. The molecule has 0 saturated heterocycles. The molecule has 2 aromatic carbocycles. The molecule has 1 aliphatic heterocycles. The Labute approximate surface area is 172 Å². The first-order valence-corrected chi connectivity index (χ1v) is 9.53. The second-order valence-electron chi connectivity index (χ2n) is 6.29. The smallest absolute Gasteiger partial charge is 0.248 e. The number of nitrogens with zero attached hydrogens (tertiary/aromatic N) is 4. The highest BCUT2D eigenvalue weighted by atomic mass is 16.7. The van der Waals surface area contributed by atoms with Crippen LogP contribution in [0.2, 0.25) is 0 Å². The first kappa shape index (κ1) is 19.5. The van der Waals surface area contributed by atoms with Crippen molar-refractivity contribution < 1.29 is 23.7 Å². The van der Waals surface area contributed by atoms with Gasteiger partial charge in [0.1, 0.15) is 6.54 Å². The molecule has 0 radical (unpaired) electrons. The van der Waals surface area contributed by atoms with Crippen molar-refractivity contribution in [3.05, 3.63) is 36.4 Å². The minimum Gasteiger partial charge on any atom is -0.490 e. The van der Waals surface area contributed by atoms with Crippen molar-refractivity contribution in [3.8, 4) is 34.4 Å². The van der Waals surface area contributed by atoms with E-state index < -0.39 is 0 Å². The molecule has 0 aliphatic carbocycles. The summed E-state index contributed by atoms with van der Waals surface area (Å²) in [5, 5.41) is 15.1. The number of rotatable bonds is 8. The number of tetrazole rings is 1. The van der Waals surface area contributed by atoms with Gasteiger partial charge in [-0.3, -0.25) is 4.79 Å². The van der Waals surface area contributed by atoms with E-state index in [1.54, 1.807) is 30.3 Å². The molecule has 10 nitrogen and oxygen atoms in total. The number of benzene rings is 2. The van der Waals surface area contributed by atoms with Gasteiger partial charge in [-0.25, -0.2) is 0 Å². The molecule has 0 unspecified atom stereocenters. The summed E-state index contributed by atoms with van der Waals surface area (Å²) in [6.45, 7) is 4.93. The third kappa shape index (κ3) is 4.27. The lowest BCUT2D eigenvalue weighted by Gasteiger charge is -2.11. The number of nitrogens with one attached hydrogen (secondary N) is 1. The molecular formula is C20H21N5O5. The molecule has 2 heterocycles. The molecule has 1 amide bonds. The fourth-order valence-corrected chi connectivity index (χ4v) is 2.92. The number of carbonyl (C=O) groups is 1. The molecule has 3 aromatic rings. The number of hydrogen-bond donors (Lipinski definition) is 1. The summed E-state index contributed by atoms with van der Waals surface area (Å²) in [5.41, 5.74) is 1.31. The number of carbonyl (C=O) groups excluding carboxylic acids is 1. The predicted octanol–water partition coefficient (Wildman–Crippen LogP) is 2.50. The number of anilines is 1. The lowest BCUT2D eigenvalue weighted by molar-refractivity contribution is -0.117. The van der Waals surface area contributed by atoms with E-state index in [0.717, 1.165) is 0 Å². The highest BCUT2D eigenvalue weighted by molar-refractivity contribution is 5.90. The van der Waals surface area contributed by atoms with Crippen LogP contribution in [0.5, 0.6) is 23.0 Å². The summed E-state index contributed by atoms with van der Waals surface area (Å²) in [7, 11) is 0. The van der Waals surface area contributed by atoms with Crippen LogP contribution >= 0.6 is 0 Å². The van der Waals surface area contributed by atoms with Gasteiger partial charge in [0.25, 0.3) is 0 Å². The summed E-state index contributed by atoms with van der Waals surface area (Å²) in [4.78, 5) is 13.6. The van der Waals surface area contributed by atoms with Gasteiger partial charge < -0.3 is 24.3 Å². The normalized spacial score (nSPS) is 11.9. The lowest BCUT2D eigenvalue weighted by atomic mass is 10.2. The average Bonchev–Trinajstić information content (AvgIpc) is 3.38. The summed E-state index contributed by atoms with van der Waals surface area (Å²) in [6, 6.07) is 10.6. The second kappa shape index (κ2) is 8.68. The zero-order chi connectivity index (χ0) is 20.9. The van der Waals surface area contributed by atoms with E-state index in [1.165, 1.54) is 4.80 Å². The van der Waals surface area contributed by atoms with Gasteiger partial charge in [0.2, 0.25) is 18.5 Å². The summed E-state index contributed by atoms with van der Waals surface area (Å²) < 4.78 is 21.8. The van der Waals surface area contributed by atoms with Gasteiger partial charge in [-0.05, 0) is 49.4 Å². The molecule has 0 atom stereocenters. The summed E-state index contributed by atoms with van der Waals surface area (Å²) in [6.07, 6.45) is 0. The van der Waals surface area contributed by atoms with E-state index in [4.69, 9.17) is 18.9 Å². The van der Waals surface area contributed by atoms with Crippen LogP contribution in [0, 0.1) is 0 Å². The van der Waals surface area contributed by atoms with Gasteiger partial charge in [-0.1, -0.05) is 0 Å². The van der Waals surface area contributed by atoms with E-state index in [-0.39, 0.29) is 19.2 Å². The van der Waals surface area contributed by atoms with E-state index in [0.29, 0.717) is 53.3 Å². The van der Waals surface area contributed by atoms with Gasteiger partial charge in [0, 0.05) is 17.3 Å². The average molecular weight is 411 g/mol. The van der Waals surface area contributed by atoms with Gasteiger partial charge in [0.05, 0.1) is 13.2 Å². The topological polar surface area (TPSA) is 110 Å². The molecule has 0 bridgehead atoms. The number of amides is 1. The van der Waals surface area contributed by atoms with Crippen molar-refractivity contribution in [2.75, 3.05) is 25.3 Å². The Morgan fingerprint density at radius 1 is 1.07 bits per heavy atom. The predicted molar refractivity (Wildman–Crippen MR) is 107 cm³/mol. The molecule has 1 N–H and O–H groups in total. The number of ether oxygens (including phenoxy) is 4. The van der Waals surface area contributed by atoms with Crippen LogP contribution in [0.25, 0.3) is 11.4 Å². The van der Waals surface area contributed by atoms with Crippen molar-refractivity contribution in [1.29, 1.82) is 0 Å². The number of hydrogen-bond acceptors (Lipinski definition) is 8. The quantitative estimate of drug-likeness (QED) is 0.602. The Morgan fingerprint density at radius 2 is 1.87 bits per heavy atom. The highest BCUT2D eigenvalue weighted by Gasteiger charge is 2.16. The maximum Gasteiger partial charge on any atom is 0.248 e. The van der Waals surface area contributed by atoms with Crippen LogP contribution in [0.3, 0.4) is 0 Å². The van der Waals surface area contributed by atoms with E-state index in [9.17, 15) is 4.79 Å². The molecule has 10 heteroatoms. The first-order chi connectivity index (χ1) is 14.7. The minimum absolute atomic E-state index is 0.0865. The second-order valence-corrected chi connectivity index (χ2v) is 6.29. The number of aromatic nitrogens is 4. The van der Waals surface area contributed by atoms with Crippen molar-refractivity contribution in [2.45, 2.75) is 20.4 Å². The van der Waals surface area contributed by atoms with Crippen molar-refractivity contribution in [3.63, 3.8) is 0 Å². The Balaban J connectivity index is 1.43. The largest absolute Gasteiger partial charge is 0.490 e. The molecular weight excluding hydrogens is 390 g/mol.